The van der Waals surface area contributed by atoms with E-state index in [2.05, 4.69) is 37.4 Å². The Morgan fingerprint density at radius 1 is 0.952 bits per heavy atom. The molecule has 0 aliphatic heterocycles. The Balaban J connectivity index is 1.35. The first-order valence-corrected chi connectivity index (χ1v) is 8.96. The van der Waals surface area contributed by atoms with Gasteiger partial charge in [0.25, 0.3) is 0 Å². The highest BCUT2D eigenvalue weighted by Crippen LogP contribution is 2.56. The van der Waals surface area contributed by atoms with Crippen molar-refractivity contribution in [1.82, 2.24) is 5.32 Å². The summed E-state index contributed by atoms with van der Waals surface area (Å²) in [5.41, 5.74) is 4.29. The van der Waals surface area contributed by atoms with Crippen LogP contribution in [0.2, 0.25) is 0 Å². The standard InChI is InChI=1S/C20H29N/c1-13-3-4-17(14(2)5-13)11-21-12-20-18-7-15-6-16(9-18)10-19(20)8-15/h3-5,15-16,18-21H,6-12H2,1-2H3. The summed E-state index contributed by atoms with van der Waals surface area (Å²) in [6, 6.07) is 6.85. The van der Waals surface area contributed by atoms with Crippen LogP contribution in [0.4, 0.5) is 0 Å². The molecule has 4 fully saturated rings. The van der Waals surface area contributed by atoms with Crippen LogP contribution in [0.25, 0.3) is 0 Å². The van der Waals surface area contributed by atoms with Crippen molar-refractivity contribution in [3.8, 4) is 0 Å². The molecule has 4 bridgehead atoms. The fourth-order valence-electron chi connectivity index (χ4n) is 5.79. The molecule has 4 aliphatic rings. The summed E-state index contributed by atoms with van der Waals surface area (Å²) in [7, 11) is 0. The van der Waals surface area contributed by atoms with Gasteiger partial charge in [-0.3, -0.25) is 0 Å². The summed E-state index contributed by atoms with van der Waals surface area (Å²) in [5, 5.41) is 3.79. The van der Waals surface area contributed by atoms with E-state index in [1.165, 1.54) is 23.2 Å². The number of rotatable bonds is 4. The molecule has 1 aromatic carbocycles. The Hall–Kier alpha value is -0.820. The van der Waals surface area contributed by atoms with Crippen molar-refractivity contribution in [2.45, 2.75) is 52.5 Å². The van der Waals surface area contributed by atoms with Crippen molar-refractivity contribution in [2.24, 2.45) is 29.6 Å². The second kappa shape index (κ2) is 5.43. The minimum Gasteiger partial charge on any atom is -0.312 e. The number of nitrogens with one attached hydrogen (secondary N) is 1. The molecule has 0 heterocycles. The van der Waals surface area contributed by atoms with Gasteiger partial charge in [0.2, 0.25) is 0 Å². The summed E-state index contributed by atoms with van der Waals surface area (Å²) < 4.78 is 0. The molecule has 5 rings (SSSR count). The molecular weight excluding hydrogens is 254 g/mol. The fraction of sp³-hybridized carbons (Fsp3) is 0.700. The van der Waals surface area contributed by atoms with Gasteiger partial charge in [-0.25, -0.2) is 0 Å². The Labute approximate surface area is 129 Å². The van der Waals surface area contributed by atoms with Crippen molar-refractivity contribution in [1.29, 1.82) is 0 Å². The van der Waals surface area contributed by atoms with Gasteiger partial charge in [-0.1, -0.05) is 23.8 Å². The van der Waals surface area contributed by atoms with Crippen molar-refractivity contribution >= 4 is 0 Å². The van der Waals surface area contributed by atoms with E-state index in [1.807, 2.05) is 0 Å². The quantitative estimate of drug-likeness (QED) is 0.860. The van der Waals surface area contributed by atoms with Gasteiger partial charge < -0.3 is 5.32 Å². The SMILES string of the molecule is Cc1ccc(CNCC2C3CC4CC(C3)CC2C4)c(C)c1. The van der Waals surface area contributed by atoms with Gasteiger partial charge in [-0.15, -0.1) is 0 Å². The highest BCUT2D eigenvalue weighted by molar-refractivity contribution is 5.30. The van der Waals surface area contributed by atoms with E-state index >= 15 is 0 Å². The summed E-state index contributed by atoms with van der Waals surface area (Å²) in [4.78, 5) is 0. The van der Waals surface area contributed by atoms with Gasteiger partial charge in [0, 0.05) is 6.54 Å². The zero-order valence-corrected chi connectivity index (χ0v) is 13.6. The Morgan fingerprint density at radius 3 is 2.24 bits per heavy atom. The Kier molecular flexibility index (Phi) is 3.57. The lowest BCUT2D eigenvalue weighted by Gasteiger charge is -2.54. The molecule has 1 N–H and O–H groups in total. The van der Waals surface area contributed by atoms with Crippen molar-refractivity contribution in [3.05, 3.63) is 34.9 Å². The highest BCUT2D eigenvalue weighted by atomic mass is 14.9. The first-order chi connectivity index (χ1) is 10.2. The van der Waals surface area contributed by atoms with Crippen LogP contribution in [0.5, 0.6) is 0 Å². The van der Waals surface area contributed by atoms with Crippen LogP contribution < -0.4 is 5.32 Å². The predicted octanol–water partition coefficient (Wildman–Crippen LogP) is 4.47. The third kappa shape index (κ3) is 2.65. The second-order valence-electron chi connectivity index (χ2n) is 8.16. The summed E-state index contributed by atoms with van der Waals surface area (Å²) in [5.74, 6) is 5.27. The normalized spacial score (nSPS) is 37.1. The molecule has 0 atom stereocenters. The van der Waals surface area contributed by atoms with Crippen LogP contribution in [-0.2, 0) is 6.54 Å². The lowest BCUT2D eigenvalue weighted by molar-refractivity contribution is -0.0355. The highest BCUT2D eigenvalue weighted by Gasteiger charge is 2.47. The molecule has 0 radical (unpaired) electrons. The zero-order valence-electron chi connectivity index (χ0n) is 13.6. The van der Waals surface area contributed by atoms with E-state index in [4.69, 9.17) is 0 Å². The third-order valence-electron chi connectivity index (χ3n) is 6.62. The van der Waals surface area contributed by atoms with Crippen LogP contribution in [0.1, 0.15) is 48.8 Å². The van der Waals surface area contributed by atoms with Crippen LogP contribution in [0.15, 0.2) is 18.2 Å². The van der Waals surface area contributed by atoms with Crippen molar-refractivity contribution in [3.63, 3.8) is 0 Å². The zero-order chi connectivity index (χ0) is 14.4. The summed E-state index contributed by atoms with van der Waals surface area (Å²) in [6.45, 7) is 6.72. The molecule has 0 amide bonds. The van der Waals surface area contributed by atoms with Crippen molar-refractivity contribution in [2.75, 3.05) is 6.54 Å². The van der Waals surface area contributed by atoms with E-state index in [9.17, 15) is 0 Å². The average Bonchev–Trinajstić information content (AvgIpc) is 2.43. The Morgan fingerprint density at radius 2 is 1.62 bits per heavy atom. The minimum absolute atomic E-state index is 0.976. The first-order valence-electron chi connectivity index (χ1n) is 8.96. The number of hydrogen-bond acceptors (Lipinski definition) is 1. The number of aryl methyl sites for hydroxylation is 2. The van der Waals surface area contributed by atoms with Gasteiger partial charge in [-0.2, -0.15) is 0 Å². The smallest absolute Gasteiger partial charge is 0.0208 e. The fourth-order valence-corrected chi connectivity index (χ4v) is 5.79. The molecule has 4 aliphatic carbocycles. The van der Waals surface area contributed by atoms with Gasteiger partial charge >= 0.3 is 0 Å². The maximum Gasteiger partial charge on any atom is 0.0208 e. The van der Waals surface area contributed by atoms with E-state index < -0.39 is 0 Å². The van der Waals surface area contributed by atoms with Gasteiger partial charge in [0.05, 0.1) is 0 Å². The Bertz CT molecular complexity index is 491. The van der Waals surface area contributed by atoms with E-state index in [0.29, 0.717) is 0 Å². The van der Waals surface area contributed by atoms with E-state index in [-0.39, 0.29) is 0 Å². The van der Waals surface area contributed by atoms with Crippen LogP contribution in [0.3, 0.4) is 0 Å². The summed E-state index contributed by atoms with van der Waals surface area (Å²) >= 11 is 0. The monoisotopic (exact) mass is 283 g/mol. The molecule has 0 unspecified atom stereocenters. The second-order valence-corrected chi connectivity index (χ2v) is 8.16. The molecule has 0 aromatic heterocycles. The van der Waals surface area contributed by atoms with Gasteiger partial charge in [0.1, 0.15) is 0 Å². The molecule has 1 aromatic rings. The largest absolute Gasteiger partial charge is 0.312 e. The molecule has 1 heteroatoms. The van der Waals surface area contributed by atoms with Gasteiger partial charge in [-0.05, 0) is 93.2 Å². The molecule has 4 saturated carbocycles. The summed E-state index contributed by atoms with van der Waals surface area (Å²) in [6.07, 6.45) is 7.74. The van der Waals surface area contributed by atoms with Crippen LogP contribution in [-0.4, -0.2) is 6.54 Å². The molecular formula is C20H29N. The number of benzene rings is 1. The minimum atomic E-state index is 0.976. The number of hydrogen-bond donors (Lipinski definition) is 1. The first kappa shape index (κ1) is 13.8. The van der Waals surface area contributed by atoms with Crippen LogP contribution >= 0.6 is 0 Å². The predicted molar refractivity (Wildman–Crippen MR) is 88.2 cm³/mol. The maximum atomic E-state index is 3.79. The third-order valence-corrected chi connectivity index (χ3v) is 6.62. The van der Waals surface area contributed by atoms with Crippen LogP contribution in [0, 0.1) is 43.4 Å². The maximum absolute atomic E-state index is 3.79. The molecule has 0 saturated heterocycles. The van der Waals surface area contributed by atoms with E-state index in [0.717, 1.165) is 36.1 Å². The van der Waals surface area contributed by atoms with Crippen molar-refractivity contribution < 1.29 is 0 Å². The topological polar surface area (TPSA) is 12.0 Å². The van der Waals surface area contributed by atoms with E-state index in [1.54, 1.807) is 32.1 Å². The molecule has 21 heavy (non-hydrogen) atoms. The molecule has 0 spiro atoms. The molecule has 114 valence electrons. The molecule has 1 nitrogen and oxygen atoms in total. The lowest BCUT2D eigenvalue weighted by atomic mass is 9.52. The average molecular weight is 283 g/mol. The van der Waals surface area contributed by atoms with Gasteiger partial charge in [0.15, 0.2) is 0 Å². The lowest BCUT2D eigenvalue weighted by Crippen LogP contribution is -2.48.